The molecule has 0 fully saturated rings. The lowest BCUT2D eigenvalue weighted by Gasteiger charge is -2.13. The van der Waals surface area contributed by atoms with Gasteiger partial charge in [-0.05, 0) is 25.1 Å². The first-order valence-corrected chi connectivity index (χ1v) is 7.38. The Morgan fingerprint density at radius 3 is 2.76 bits per heavy atom. The SMILES string of the molecule is COC(=O)C(C)NS(=O)(=O)c1ccc(F)cc1C#CCN. The van der Waals surface area contributed by atoms with Gasteiger partial charge in [0.2, 0.25) is 10.0 Å². The second-order valence-electron chi connectivity index (χ2n) is 4.01. The van der Waals surface area contributed by atoms with Crippen LogP contribution in [0.5, 0.6) is 0 Å². The van der Waals surface area contributed by atoms with Crippen molar-refractivity contribution in [3.8, 4) is 11.8 Å². The number of esters is 1. The smallest absolute Gasteiger partial charge is 0.323 e. The summed E-state index contributed by atoms with van der Waals surface area (Å²) < 4.78 is 44.2. The average Bonchev–Trinajstić information content (AvgIpc) is 2.43. The predicted octanol–water partition coefficient (Wildman–Crippen LogP) is -0.0243. The van der Waals surface area contributed by atoms with Crippen LogP contribution < -0.4 is 10.5 Å². The Hall–Kier alpha value is -1.95. The summed E-state index contributed by atoms with van der Waals surface area (Å²) in [5, 5.41) is 0. The molecule has 1 aromatic carbocycles. The second kappa shape index (κ2) is 7.17. The third kappa shape index (κ3) is 4.53. The highest BCUT2D eigenvalue weighted by atomic mass is 32.2. The molecule has 6 nitrogen and oxygen atoms in total. The molecule has 114 valence electrons. The fraction of sp³-hybridized carbons (Fsp3) is 0.308. The summed E-state index contributed by atoms with van der Waals surface area (Å²) in [6, 6.07) is 1.97. The fourth-order valence-corrected chi connectivity index (χ4v) is 2.84. The van der Waals surface area contributed by atoms with Crippen molar-refractivity contribution < 1.29 is 22.3 Å². The van der Waals surface area contributed by atoms with Gasteiger partial charge in [0.1, 0.15) is 11.9 Å². The van der Waals surface area contributed by atoms with Crippen LogP contribution in [0.4, 0.5) is 4.39 Å². The molecular formula is C13H15FN2O4S. The van der Waals surface area contributed by atoms with E-state index in [0.29, 0.717) is 0 Å². The van der Waals surface area contributed by atoms with Gasteiger partial charge in [0.05, 0.1) is 18.6 Å². The van der Waals surface area contributed by atoms with E-state index in [1.165, 1.54) is 6.92 Å². The van der Waals surface area contributed by atoms with Crippen LogP contribution in [-0.4, -0.2) is 34.1 Å². The molecule has 1 atom stereocenters. The number of hydrogen-bond acceptors (Lipinski definition) is 5. The minimum Gasteiger partial charge on any atom is -0.468 e. The number of rotatable bonds is 4. The number of hydrogen-bond donors (Lipinski definition) is 2. The molecule has 8 heteroatoms. The van der Waals surface area contributed by atoms with E-state index in [4.69, 9.17) is 5.73 Å². The Kier molecular flexibility index (Phi) is 5.84. The summed E-state index contributed by atoms with van der Waals surface area (Å²) in [5.74, 6) is 3.58. The maximum Gasteiger partial charge on any atom is 0.323 e. The van der Waals surface area contributed by atoms with Crippen LogP contribution in [0.2, 0.25) is 0 Å². The molecule has 0 aliphatic rings. The molecule has 1 aromatic rings. The third-order valence-electron chi connectivity index (χ3n) is 2.44. The molecule has 0 saturated heterocycles. The standard InChI is InChI=1S/C13H15FN2O4S/c1-9(13(17)20-2)16-21(18,19)12-6-5-11(14)8-10(12)4-3-7-15/h5-6,8-9,16H,7,15H2,1-2H3. The van der Waals surface area contributed by atoms with Crippen molar-refractivity contribution in [3.63, 3.8) is 0 Å². The van der Waals surface area contributed by atoms with Gasteiger partial charge in [-0.3, -0.25) is 4.79 Å². The van der Waals surface area contributed by atoms with Crippen LogP contribution in [0.3, 0.4) is 0 Å². The topological polar surface area (TPSA) is 98.5 Å². The number of benzene rings is 1. The Morgan fingerprint density at radius 2 is 2.19 bits per heavy atom. The summed E-state index contributed by atoms with van der Waals surface area (Å²) in [4.78, 5) is 11.0. The van der Waals surface area contributed by atoms with Crippen LogP contribution in [0.1, 0.15) is 12.5 Å². The maximum atomic E-state index is 13.2. The molecular weight excluding hydrogens is 299 g/mol. The van der Waals surface area contributed by atoms with E-state index in [1.807, 2.05) is 0 Å². The molecule has 21 heavy (non-hydrogen) atoms. The highest BCUT2D eigenvalue weighted by Gasteiger charge is 2.24. The number of carbonyl (C=O) groups is 1. The largest absolute Gasteiger partial charge is 0.468 e. The van der Waals surface area contributed by atoms with E-state index in [1.54, 1.807) is 0 Å². The van der Waals surface area contributed by atoms with Crippen LogP contribution >= 0.6 is 0 Å². The van der Waals surface area contributed by atoms with Gasteiger partial charge >= 0.3 is 5.97 Å². The van der Waals surface area contributed by atoms with Crippen molar-refractivity contribution in [3.05, 3.63) is 29.6 Å². The monoisotopic (exact) mass is 314 g/mol. The van der Waals surface area contributed by atoms with Crippen molar-refractivity contribution in [2.75, 3.05) is 13.7 Å². The summed E-state index contributed by atoms with van der Waals surface area (Å²) in [6.07, 6.45) is 0. The zero-order chi connectivity index (χ0) is 16.0. The molecule has 0 radical (unpaired) electrons. The lowest BCUT2D eigenvalue weighted by atomic mass is 10.2. The zero-order valence-corrected chi connectivity index (χ0v) is 12.3. The third-order valence-corrected chi connectivity index (χ3v) is 4.04. The van der Waals surface area contributed by atoms with E-state index in [0.717, 1.165) is 25.3 Å². The van der Waals surface area contributed by atoms with Gasteiger partial charge in [-0.25, -0.2) is 12.8 Å². The summed E-state index contributed by atoms with van der Waals surface area (Å²) >= 11 is 0. The Morgan fingerprint density at radius 1 is 1.52 bits per heavy atom. The quantitative estimate of drug-likeness (QED) is 0.601. The molecule has 0 bridgehead atoms. The first kappa shape index (κ1) is 17.1. The molecule has 0 aromatic heterocycles. The highest BCUT2D eigenvalue weighted by Crippen LogP contribution is 2.16. The first-order chi connectivity index (χ1) is 9.81. The molecule has 0 aliphatic carbocycles. The number of ether oxygens (including phenoxy) is 1. The van der Waals surface area contributed by atoms with Crippen LogP contribution in [-0.2, 0) is 19.6 Å². The Balaban J connectivity index is 3.22. The number of halogens is 1. The average molecular weight is 314 g/mol. The van der Waals surface area contributed by atoms with E-state index in [9.17, 15) is 17.6 Å². The van der Waals surface area contributed by atoms with Gasteiger partial charge in [-0.1, -0.05) is 11.8 Å². The summed E-state index contributed by atoms with van der Waals surface area (Å²) in [6.45, 7) is 1.33. The molecule has 1 unspecified atom stereocenters. The molecule has 1 rings (SSSR count). The fourth-order valence-electron chi connectivity index (χ4n) is 1.50. The lowest BCUT2D eigenvalue weighted by Crippen LogP contribution is -2.39. The second-order valence-corrected chi connectivity index (χ2v) is 5.69. The molecule has 0 heterocycles. The van der Waals surface area contributed by atoms with Crippen molar-refractivity contribution in [1.29, 1.82) is 0 Å². The van der Waals surface area contributed by atoms with Crippen LogP contribution in [0.15, 0.2) is 23.1 Å². The van der Waals surface area contributed by atoms with E-state index >= 15 is 0 Å². The maximum absolute atomic E-state index is 13.2. The molecule has 0 aliphatic heterocycles. The Bertz CT molecular complexity index is 692. The van der Waals surface area contributed by atoms with Crippen molar-refractivity contribution in [2.24, 2.45) is 5.73 Å². The van der Waals surface area contributed by atoms with Gasteiger partial charge < -0.3 is 10.5 Å². The normalized spacial score (nSPS) is 12.2. The van der Waals surface area contributed by atoms with Gasteiger partial charge in [0.15, 0.2) is 0 Å². The predicted molar refractivity (Wildman–Crippen MR) is 74.1 cm³/mol. The van der Waals surface area contributed by atoms with E-state index in [2.05, 4.69) is 21.3 Å². The van der Waals surface area contributed by atoms with Crippen molar-refractivity contribution in [2.45, 2.75) is 17.9 Å². The summed E-state index contributed by atoms with van der Waals surface area (Å²) in [7, 11) is -2.91. The van der Waals surface area contributed by atoms with E-state index < -0.39 is 27.9 Å². The molecule has 0 spiro atoms. The van der Waals surface area contributed by atoms with Crippen molar-refractivity contribution >= 4 is 16.0 Å². The first-order valence-electron chi connectivity index (χ1n) is 5.90. The van der Waals surface area contributed by atoms with Crippen molar-refractivity contribution in [1.82, 2.24) is 4.72 Å². The number of carbonyl (C=O) groups excluding carboxylic acids is 1. The van der Waals surface area contributed by atoms with Gasteiger partial charge in [0, 0.05) is 5.56 Å². The Labute approximate surface area is 122 Å². The van der Waals surface area contributed by atoms with Gasteiger partial charge in [-0.15, -0.1) is 0 Å². The van der Waals surface area contributed by atoms with Crippen LogP contribution in [0.25, 0.3) is 0 Å². The highest BCUT2D eigenvalue weighted by molar-refractivity contribution is 7.89. The van der Waals surface area contributed by atoms with E-state index in [-0.39, 0.29) is 17.0 Å². The summed E-state index contributed by atoms with van der Waals surface area (Å²) in [5.41, 5.74) is 5.18. The number of methoxy groups -OCH3 is 1. The molecule has 3 N–H and O–H groups in total. The molecule has 0 saturated carbocycles. The number of nitrogens with one attached hydrogen (secondary N) is 1. The molecule has 0 amide bonds. The minimum atomic E-state index is -4.05. The van der Waals surface area contributed by atoms with Gasteiger partial charge in [-0.2, -0.15) is 4.72 Å². The zero-order valence-electron chi connectivity index (χ0n) is 11.5. The van der Waals surface area contributed by atoms with Gasteiger partial charge in [0.25, 0.3) is 0 Å². The lowest BCUT2D eigenvalue weighted by molar-refractivity contribution is -0.142. The minimum absolute atomic E-state index is 0.00198. The number of sulfonamides is 1. The van der Waals surface area contributed by atoms with Crippen LogP contribution in [0, 0.1) is 17.7 Å². The number of nitrogens with two attached hydrogens (primary N) is 1.